The molecule has 24 heavy (non-hydrogen) atoms. The van der Waals surface area contributed by atoms with E-state index >= 15 is 0 Å². The molecule has 128 valence electrons. The predicted octanol–water partition coefficient (Wildman–Crippen LogP) is -0.114. The molecule has 1 aliphatic heterocycles. The molecule has 4 N–H and O–H groups in total. The third-order valence-electron chi connectivity index (χ3n) is 4.78. The lowest BCUT2D eigenvalue weighted by atomic mass is 9.61. The third-order valence-corrected chi connectivity index (χ3v) is 4.78. The fourth-order valence-electron chi connectivity index (χ4n) is 3.59. The smallest absolute Gasteiger partial charge is 0.305 e. The monoisotopic (exact) mass is 336 g/mol. The maximum absolute atomic E-state index is 12.8. The second-order valence-electron chi connectivity index (χ2n) is 6.19. The van der Waals surface area contributed by atoms with Crippen LogP contribution in [0.5, 0.6) is 5.75 Å². The van der Waals surface area contributed by atoms with Gasteiger partial charge in [-0.1, -0.05) is 12.1 Å². The van der Waals surface area contributed by atoms with Gasteiger partial charge in [0.05, 0.1) is 24.2 Å². The van der Waals surface area contributed by atoms with E-state index in [1.807, 2.05) is 0 Å². The SMILES string of the molecule is C[C@@H]1O[C@H](CC(=O)O)C[C@@]2(O)C(=O)c3cccc(O)c3C(=O)[C@@]12O. The van der Waals surface area contributed by atoms with Crippen LogP contribution >= 0.6 is 0 Å². The van der Waals surface area contributed by atoms with Crippen molar-refractivity contribution in [1.29, 1.82) is 0 Å². The number of carbonyl (C=O) groups excluding carboxylic acids is 2. The van der Waals surface area contributed by atoms with Gasteiger partial charge in [0.15, 0.2) is 17.0 Å². The van der Waals surface area contributed by atoms with Gasteiger partial charge in [-0.15, -0.1) is 0 Å². The Balaban J connectivity index is 2.18. The highest BCUT2D eigenvalue weighted by Gasteiger charge is 2.69. The number of aromatic hydroxyl groups is 1. The predicted molar refractivity (Wildman–Crippen MR) is 77.9 cm³/mol. The van der Waals surface area contributed by atoms with E-state index in [9.17, 15) is 29.7 Å². The Morgan fingerprint density at radius 3 is 2.58 bits per heavy atom. The van der Waals surface area contributed by atoms with E-state index in [4.69, 9.17) is 9.84 Å². The Labute approximate surface area is 136 Å². The molecule has 8 heteroatoms. The summed E-state index contributed by atoms with van der Waals surface area (Å²) in [5.41, 5.74) is -5.72. The summed E-state index contributed by atoms with van der Waals surface area (Å²) in [7, 11) is 0. The number of phenolic OH excluding ortho intramolecular Hbond substituents is 1. The number of benzene rings is 1. The Hall–Kier alpha value is -2.29. The summed E-state index contributed by atoms with van der Waals surface area (Å²) >= 11 is 0. The molecular formula is C16H16O8. The molecule has 1 saturated heterocycles. The Morgan fingerprint density at radius 1 is 1.29 bits per heavy atom. The highest BCUT2D eigenvalue weighted by molar-refractivity contribution is 6.23. The van der Waals surface area contributed by atoms with E-state index in [1.165, 1.54) is 25.1 Å². The fraction of sp³-hybridized carbons (Fsp3) is 0.438. The van der Waals surface area contributed by atoms with Crippen LogP contribution < -0.4 is 0 Å². The molecule has 3 rings (SSSR count). The van der Waals surface area contributed by atoms with Crippen LogP contribution in [0.15, 0.2) is 18.2 Å². The standard InChI is InChI=1S/C16H16O8/c1-7-16(23)14(21)12-9(3-2-4-10(12)17)13(20)15(16,22)6-8(24-7)5-11(18)19/h2-4,7-8,17,22-23H,5-6H2,1H3,(H,18,19)/t7-,8+,15+,16-/m0/s1. The Morgan fingerprint density at radius 2 is 1.96 bits per heavy atom. The second-order valence-corrected chi connectivity index (χ2v) is 6.19. The normalized spacial score (nSPS) is 35.3. The number of rotatable bonds is 2. The average molecular weight is 336 g/mol. The number of carboxylic acid groups (broad SMARTS) is 1. The molecule has 1 aromatic rings. The first-order chi connectivity index (χ1) is 11.1. The number of Topliss-reactive ketones (excluding diaryl/α,β-unsaturated/α-hetero) is 2. The molecule has 1 heterocycles. The molecule has 0 radical (unpaired) electrons. The van der Waals surface area contributed by atoms with Crippen molar-refractivity contribution in [3.63, 3.8) is 0 Å². The number of aliphatic carboxylic acids is 1. The Bertz CT molecular complexity index is 756. The molecule has 0 saturated carbocycles. The first-order valence-electron chi connectivity index (χ1n) is 7.36. The van der Waals surface area contributed by atoms with Gasteiger partial charge in [0.25, 0.3) is 0 Å². The van der Waals surface area contributed by atoms with Crippen LogP contribution in [-0.4, -0.2) is 61.4 Å². The minimum atomic E-state index is -2.61. The second kappa shape index (κ2) is 5.10. The molecule has 0 spiro atoms. The summed E-state index contributed by atoms with van der Waals surface area (Å²) in [4.78, 5) is 36.4. The molecule has 1 fully saturated rings. The molecule has 0 aromatic heterocycles. The highest BCUT2D eigenvalue weighted by Crippen LogP contribution is 2.47. The lowest BCUT2D eigenvalue weighted by molar-refractivity contribution is -0.228. The van der Waals surface area contributed by atoms with E-state index in [0.29, 0.717) is 0 Å². The van der Waals surface area contributed by atoms with Crippen LogP contribution in [0.25, 0.3) is 0 Å². The first-order valence-corrected chi connectivity index (χ1v) is 7.36. The number of ketones is 2. The molecule has 1 aromatic carbocycles. The topological polar surface area (TPSA) is 141 Å². The molecule has 4 atom stereocenters. The summed E-state index contributed by atoms with van der Waals surface area (Å²) in [6.07, 6.45) is -3.42. The van der Waals surface area contributed by atoms with Crippen LogP contribution in [0, 0.1) is 0 Å². The summed E-state index contributed by atoms with van der Waals surface area (Å²) in [5, 5.41) is 40.6. The van der Waals surface area contributed by atoms with Crippen molar-refractivity contribution >= 4 is 17.5 Å². The van der Waals surface area contributed by atoms with Gasteiger partial charge in [0.2, 0.25) is 5.78 Å². The molecule has 0 amide bonds. The average Bonchev–Trinajstić information content (AvgIpc) is 2.49. The van der Waals surface area contributed by atoms with Gasteiger partial charge < -0.3 is 25.2 Å². The van der Waals surface area contributed by atoms with Gasteiger partial charge in [-0.2, -0.15) is 0 Å². The maximum Gasteiger partial charge on any atom is 0.305 e. The van der Waals surface area contributed by atoms with Crippen molar-refractivity contribution in [2.45, 2.75) is 43.2 Å². The number of ether oxygens (including phenoxy) is 1. The van der Waals surface area contributed by atoms with Gasteiger partial charge >= 0.3 is 5.97 Å². The van der Waals surface area contributed by atoms with Gasteiger partial charge in [-0.3, -0.25) is 14.4 Å². The zero-order valence-electron chi connectivity index (χ0n) is 12.7. The molecule has 0 unspecified atom stereocenters. The molecule has 1 aliphatic carbocycles. The lowest BCUT2D eigenvalue weighted by Gasteiger charge is -2.52. The van der Waals surface area contributed by atoms with Crippen LogP contribution in [0.1, 0.15) is 40.5 Å². The zero-order chi connectivity index (χ0) is 17.9. The minimum absolute atomic E-state index is 0.213. The quantitative estimate of drug-likeness (QED) is 0.586. The summed E-state index contributed by atoms with van der Waals surface area (Å²) in [6.45, 7) is 1.27. The highest BCUT2D eigenvalue weighted by atomic mass is 16.5. The van der Waals surface area contributed by atoms with Crippen molar-refractivity contribution in [1.82, 2.24) is 0 Å². The maximum atomic E-state index is 12.8. The van der Waals surface area contributed by atoms with Crippen molar-refractivity contribution in [3.05, 3.63) is 29.3 Å². The van der Waals surface area contributed by atoms with Crippen LogP contribution in [-0.2, 0) is 9.53 Å². The van der Waals surface area contributed by atoms with Gasteiger partial charge in [0, 0.05) is 12.0 Å². The third kappa shape index (κ3) is 1.94. The van der Waals surface area contributed by atoms with E-state index in [1.54, 1.807) is 0 Å². The van der Waals surface area contributed by atoms with Gasteiger partial charge in [-0.05, 0) is 13.0 Å². The van der Waals surface area contributed by atoms with Crippen LogP contribution in [0.4, 0.5) is 0 Å². The molecule has 0 bridgehead atoms. The molecular weight excluding hydrogens is 320 g/mol. The number of fused-ring (bicyclic) bond motifs is 2. The number of aliphatic hydroxyl groups is 2. The number of carboxylic acids is 1. The Kier molecular flexibility index (Phi) is 3.52. The van der Waals surface area contributed by atoms with E-state index < -0.39 is 59.5 Å². The lowest BCUT2D eigenvalue weighted by Crippen LogP contribution is -2.75. The van der Waals surface area contributed by atoms with Crippen LogP contribution in [0.2, 0.25) is 0 Å². The van der Waals surface area contributed by atoms with E-state index in [0.717, 1.165) is 0 Å². The van der Waals surface area contributed by atoms with Crippen LogP contribution in [0.3, 0.4) is 0 Å². The van der Waals surface area contributed by atoms with Crippen molar-refractivity contribution < 1.29 is 39.5 Å². The summed E-state index contributed by atoms with van der Waals surface area (Å²) in [6, 6.07) is 3.79. The number of hydrogen-bond acceptors (Lipinski definition) is 7. The van der Waals surface area contributed by atoms with Gasteiger partial charge in [0.1, 0.15) is 5.75 Å². The first kappa shape index (κ1) is 16.6. The fourth-order valence-corrected chi connectivity index (χ4v) is 3.59. The van der Waals surface area contributed by atoms with Crippen molar-refractivity contribution in [3.8, 4) is 5.75 Å². The zero-order valence-corrected chi connectivity index (χ0v) is 12.7. The molecule has 2 aliphatic rings. The number of hydrogen-bond donors (Lipinski definition) is 4. The van der Waals surface area contributed by atoms with Crippen molar-refractivity contribution in [2.75, 3.05) is 0 Å². The summed E-state index contributed by atoms with van der Waals surface area (Å²) in [5.74, 6) is -3.66. The number of carbonyl (C=O) groups is 3. The van der Waals surface area contributed by atoms with Crippen molar-refractivity contribution in [2.24, 2.45) is 0 Å². The number of phenols is 1. The largest absolute Gasteiger partial charge is 0.507 e. The van der Waals surface area contributed by atoms with E-state index in [2.05, 4.69) is 0 Å². The summed E-state index contributed by atoms with van der Waals surface area (Å²) < 4.78 is 5.36. The minimum Gasteiger partial charge on any atom is -0.507 e. The molecule has 8 nitrogen and oxygen atoms in total. The van der Waals surface area contributed by atoms with E-state index in [-0.39, 0.29) is 11.1 Å². The van der Waals surface area contributed by atoms with Gasteiger partial charge in [-0.25, -0.2) is 0 Å².